The Morgan fingerprint density at radius 2 is 1.94 bits per heavy atom. The summed E-state index contributed by atoms with van der Waals surface area (Å²) in [5.41, 5.74) is 1.67. The van der Waals surface area contributed by atoms with Gasteiger partial charge in [0.15, 0.2) is 0 Å². The van der Waals surface area contributed by atoms with Crippen molar-refractivity contribution in [3.05, 3.63) is 27.4 Å². The highest BCUT2D eigenvalue weighted by Crippen LogP contribution is 2.44. The Bertz CT molecular complexity index is 1270. The zero-order chi connectivity index (χ0) is 35.2. The number of carboxylic acid groups (broad SMARTS) is 1. The van der Waals surface area contributed by atoms with Crippen molar-refractivity contribution in [2.24, 2.45) is 29.6 Å². The smallest absolute Gasteiger partial charge is 0.367 e. The van der Waals surface area contributed by atoms with E-state index in [-0.39, 0.29) is 41.0 Å². The van der Waals surface area contributed by atoms with Gasteiger partial charge in [0, 0.05) is 23.0 Å². The summed E-state index contributed by atoms with van der Waals surface area (Å²) in [6, 6.07) is 0.106. The van der Waals surface area contributed by atoms with E-state index in [1.165, 1.54) is 9.24 Å². The molecule has 0 bridgehead atoms. The number of alkyl halides is 3. The summed E-state index contributed by atoms with van der Waals surface area (Å²) in [6.07, 6.45) is 9.59. The van der Waals surface area contributed by atoms with Crippen LogP contribution in [0.25, 0.3) is 0 Å². The van der Waals surface area contributed by atoms with E-state index in [0.717, 1.165) is 69.0 Å². The molecule has 1 aliphatic heterocycles. The van der Waals surface area contributed by atoms with Crippen molar-refractivity contribution in [3.63, 3.8) is 0 Å². The van der Waals surface area contributed by atoms with E-state index >= 15 is 0 Å². The van der Waals surface area contributed by atoms with Gasteiger partial charge in [-0.05, 0) is 111 Å². The van der Waals surface area contributed by atoms with Crippen LogP contribution >= 0.6 is 20.8 Å². The molecule has 0 aromatic carbocycles. The summed E-state index contributed by atoms with van der Waals surface area (Å²) in [7, 11) is 1.47. The molecule has 1 saturated heterocycles. The minimum Gasteiger partial charge on any atom is -0.481 e. The molecule has 2 heterocycles. The van der Waals surface area contributed by atoms with Gasteiger partial charge in [0.05, 0.1) is 37.0 Å². The second kappa shape index (κ2) is 17.8. The summed E-state index contributed by atoms with van der Waals surface area (Å²) in [5.74, 6) is -2.70. The molecule has 11 atom stereocenters. The Hall–Kier alpha value is -1.19. The van der Waals surface area contributed by atoms with Gasteiger partial charge < -0.3 is 19.9 Å². The SMILES string of the molecule is CCCC(CCC[C@H]1CCc2nc(C)n(CCOC3CCC(Cl)CC3C3CC(C)NC(C(CC)C(=O)O)C3C)c(=O)c2C1)OC(F)(F)P. The van der Waals surface area contributed by atoms with Gasteiger partial charge in [0.25, 0.3) is 5.56 Å². The maximum absolute atomic E-state index is 13.8. The van der Waals surface area contributed by atoms with Gasteiger partial charge in [-0.25, -0.2) is 4.98 Å². The van der Waals surface area contributed by atoms with Gasteiger partial charge in [0.1, 0.15) is 5.82 Å². The number of aromatic nitrogens is 2. The minimum atomic E-state index is -3.21. The first kappa shape index (κ1) is 39.6. The van der Waals surface area contributed by atoms with E-state index in [1.54, 1.807) is 4.57 Å². The number of piperidine rings is 1. The molecule has 12 heteroatoms. The maximum atomic E-state index is 13.8. The minimum absolute atomic E-state index is 0.000968. The Kier molecular flexibility index (Phi) is 14.7. The molecular formula is C36H59ClF2N3O5P. The second-order valence-electron chi connectivity index (χ2n) is 14.9. The number of carbonyl (C=O) groups is 1. The normalized spacial score (nSPS) is 30.9. The van der Waals surface area contributed by atoms with Crippen molar-refractivity contribution in [3.8, 4) is 0 Å². The van der Waals surface area contributed by atoms with Crippen LogP contribution in [0, 0.1) is 36.5 Å². The number of hydrogen-bond donors (Lipinski definition) is 2. The topological polar surface area (TPSA) is 103 Å². The van der Waals surface area contributed by atoms with Crippen LogP contribution in [-0.4, -0.2) is 62.8 Å². The molecule has 1 aromatic rings. The molecule has 2 fully saturated rings. The highest BCUT2D eigenvalue weighted by atomic mass is 35.5. The molecule has 4 rings (SSSR count). The van der Waals surface area contributed by atoms with E-state index in [1.807, 2.05) is 20.8 Å². The second-order valence-corrected chi connectivity index (χ2v) is 16.1. The fourth-order valence-corrected chi connectivity index (χ4v) is 9.52. The van der Waals surface area contributed by atoms with Crippen LogP contribution in [0.4, 0.5) is 8.78 Å². The van der Waals surface area contributed by atoms with Gasteiger partial charge in [-0.3, -0.25) is 14.2 Å². The molecule has 0 amide bonds. The number of nitrogens with one attached hydrogen (secondary N) is 1. The van der Waals surface area contributed by atoms with Gasteiger partial charge in [0.2, 0.25) is 0 Å². The van der Waals surface area contributed by atoms with E-state index in [9.17, 15) is 23.5 Å². The zero-order valence-corrected chi connectivity index (χ0v) is 31.5. The molecule has 2 N–H and O–H groups in total. The Labute approximate surface area is 293 Å². The van der Waals surface area contributed by atoms with Crippen molar-refractivity contribution >= 4 is 26.8 Å². The largest absolute Gasteiger partial charge is 0.481 e. The first-order valence-corrected chi connectivity index (χ1v) is 19.4. The molecular weight excluding hydrogens is 659 g/mol. The average molecular weight is 718 g/mol. The third kappa shape index (κ3) is 10.4. The molecule has 8 nitrogen and oxygen atoms in total. The van der Waals surface area contributed by atoms with Gasteiger partial charge >= 0.3 is 11.8 Å². The number of halogens is 3. The van der Waals surface area contributed by atoms with Crippen LogP contribution in [-0.2, 0) is 33.7 Å². The van der Waals surface area contributed by atoms with Gasteiger partial charge in [-0.2, -0.15) is 8.78 Å². The predicted octanol–water partition coefficient (Wildman–Crippen LogP) is 7.34. The van der Waals surface area contributed by atoms with Crippen LogP contribution in [0.5, 0.6) is 0 Å². The van der Waals surface area contributed by atoms with Crippen molar-refractivity contribution in [1.29, 1.82) is 0 Å². The summed E-state index contributed by atoms with van der Waals surface area (Å²) < 4.78 is 40.2. The third-order valence-electron chi connectivity index (χ3n) is 11.4. The number of ether oxygens (including phenoxy) is 2. The Morgan fingerprint density at radius 3 is 2.60 bits per heavy atom. The standard InChI is InChI=1S/C36H59ClF2N3O5P/c1-6-9-26(47-36(38,39)48)11-8-10-24-12-14-31-30(19-24)34(43)42(23(5)41-31)16-17-46-32-15-13-25(37)20-29(32)28-18-21(3)40-33(22(28)4)27(7-2)35(44)45/h21-22,24-29,32-33,40H,6-20,48H2,1-5H3,(H,44,45)/t21?,22?,24-,25?,26?,27?,28?,29?,32?,33?/m0/s1. The van der Waals surface area contributed by atoms with Crippen LogP contribution in [0.15, 0.2) is 4.79 Å². The zero-order valence-electron chi connectivity index (χ0n) is 29.6. The maximum Gasteiger partial charge on any atom is 0.367 e. The van der Waals surface area contributed by atoms with E-state index in [0.29, 0.717) is 56.5 Å². The lowest BCUT2D eigenvalue weighted by atomic mass is 9.65. The van der Waals surface area contributed by atoms with Crippen LogP contribution in [0.1, 0.15) is 115 Å². The van der Waals surface area contributed by atoms with Gasteiger partial charge in [-0.15, -0.1) is 11.6 Å². The number of aryl methyl sites for hydroxylation is 2. The summed E-state index contributed by atoms with van der Waals surface area (Å²) in [5, 5.41) is 13.6. The average Bonchev–Trinajstić information content (AvgIpc) is 3.00. The number of fused-ring (bicyclic) bond motifs is 1. The lowest BCUT2D eigenvalue weighted by molar-refractivity contribution is -0.197. The Balaban J connectivity index is 1.39. The van der Waals surface area contributed by atoms with Crippen molar-refractivity contribution in [2.45, 2.75) is 160 Å². The van der Waals surface area contributed by atoms with Gasteiger partial charge in [-0.1, -0.05) is 40.0 Å². The first-order chi connectivity index (χ1) is 22.7. The monoisotopic (exact) mass is 717 g/mol. The highest BCUT2D eigenvalue weighted by Gasteiger charge is 2.46. The molecule has 3 aliphatic rings. The Morgan fingerprint density at radius 1 is 1.19 bits per heavy atom. The number of carboxylic acids is 1. The highest BCUT2D eigenvalue weighted by molar-refractivity contribution is 7.17. The van der Waals surface area contributed by atoms with E-state index in [2.05, 4.69) is 19.2 Å². The molecule has 1 aromatic heterocycles. The number of nitrogens with zero attached hydrogens (tertiary/aromatic N) is 2. The lowest BCUT2D eigenvalue weighted by Gasteiger charge is -2.49. The van der Waals surface area contributed by atoms with E-state index < -0.39 is 23.8 Å². The van der Waals surface area contributed by atoms with E-state index in [4.69, 9.17) is 26.1 Å². The fraction of sp³-hybridized carbons (Fsp3) is 0.861. The number of rotatable bonds is 16. The molecule has 48 heavy (non-hydrogen) atoms. The van der Waals surface area contributed by atoms with Crippen molar-refractivity contribution < 1.29 is 28.2 Å². The van der Waals surface area contributed by atoms with Crippen LogP contribution in [0.3, 0.4) is 0 Å². The number of hydrogen-bond acceptors (Lipinski definition) is 6. The predicted molar refractivity (Wildman–Crippen MR) is 189 cm³/mol. The first-order valence-electron chi connectivity index (χ1n) is 18.4. The molecule has 0 radical (unpaired) electrons. The summed E-state index contributed by atoms with van der Waals surface area (Å²) in [6.45, 7) is 10.9. The van der Waals surface area contributed by atoms with Crippen LogP contribution in [0.2, 0.25) is 0 Å². The molecule has 2 aliphatic carbocycles. The van der Waals surface area contributed by atoms with Crippen LogP contribution < -0.4 is 10.9 Å². The molecule has 10 unspecified atom stereocenters. The summed E-state index contributed by atoms with van der Waals surface area (Å²) >= 11 is 6.74. The number of aliphatic carboxylic acids is 1. The molecule has 274 valence electrons. The lowest BCUT2D eigenvalue weighted by Crippen LogP contribution is -2.57. The van der Waals surface area contributed by atoms with Crippen molar-refractivity contribution in [2.75, 3.05) is 6.61 Å². The molecule has 0 spiro atoms. The third-order valence-corrected chi connectivity index (χ3v) is 11.9. The summed E-state index contributed by atoms with van der Waals surface area (Å²) in [4.78, 5) is 30.7. The van der Waals surface area contributed by atoms with Crippen molar-refractivity contribution in [1.82, 2.24) is 14.9 Å². The molecule has 1 saturated carbocycles. The quantitative estimate of drug-likeness (QED) is 0.136. The fourth-order valence-electron chi connectivity index (χ4n) is 8.99.